The van der Waals surface area contributed by atoms with Gasteiger partial charge >= 0.3 is 17.9 Å². The van der Waals surface area contributed by atoms with E-state index in [1.807, 2.05) is 0 Å². The number of carbonyl (C=O) groups excluding carboxylic acids is 1. The van der Waals surface area contributed by atoms with Gasteiger partial charge in [0, 0.05) is 0 Å². The molecule has 0 saturated carbocycles. The van der Waals surface area contributed by atoms with Crippen molar-refractivity contribution < 1.29 is 9.53 Å². The van der Waals surface area contributed by atoms with Gasteiger partial charge in [-0.25, -0.2) is 4.79 Å². The second-order valence-electron chi connectivity index (χ2n) is 2.98. The molecule has 0 amide bonds. The summed E-state index contributed by atoms with van der Waals surface area (Å²) in [6.45, 7) is 1.80. The molecule has 0 fully saturated rings. The van der Waals surface area contributed by atoms with Crippen LogP contribution in [0.5, 0.6) is 0 Å². The number of azo groups is 2. The van der Waals surface area contributed by atoms with Crippen molar-refractivity contribution in [2.45, 2.75) is 13.1 Å². The minimum atomic E-state index is -1.33. The maximum Gasteiger partial charge on any atom is 0.357 e. The molecule has 0 aliphatic rings. The molecule has 14 nitrogen and oxygen atoms in total. The van der Waals surface area contributed by atoms with Crippen molar-refractivity contribution in [1.82, 2.24) is 41.2 Å². The Balaban J connectivity index is 2.10. The van der Waals surface area contributed by atoms with Gasteiger partial charge in [-0.1, -0.05) is 10.2 Å². The summed E-state index contributed by atoms with van der Waals surface area (Å²) in [5.74, 6) is -0.866. The molecule has 0 aromatic carbocycles. The lowest BCUT2D eigenvalue weighted by Gasteiger charge is -2.02. The molecule has 104 valence electrons. The largest absolute Gasteiger partial charge is 0.463 e. The van der Waals surface area contributed by atoms with Gasteiger partial charge in [0.25, 0.3) is 6.17 Å². The van der Waals surface area contributed by atoms with Crippen molar-refractivity contribution in [2.24, 2.45) is 20.5 Å². The molecule has 0 saturated heterocycles. The normalized spacial score (nSPS) is 11.7. The van der Waals surface area contributed by atoms with E-state index in [2.05, 4.69) is 61.7 Å². The Morgan fingerprint density at radius 3 is 2.10 bits per heavy atom. The fourth-order valence-electron chi connectivity index (χ4n) is 0.945. The number of tetrazole rings is 2. The van der Waals surface area contributed by atoms with Crippen LogP contribution in [0.4, 0.5) is 11.9 Å². The Morgan fingerprint density at radius 1 is 1.15 bits per heavy atom. The number of esters is 1. The van der Waals surface area contributed by atoms with Crippen molar-refractivity contribution in [3.05, 3.63) is 0 Å². The fourth-order valence-corrected chi connectivity index (χ4v) is 0.945. The number of rotatable bonds is 6. The van der Waals surface area contributed by atoms with Gasteiger partial charge in [-0.2, -0.15) is 10.4 Å². The molecule has 0 aliphatic carbocycles. The average Bonchev–Trinajstić information content (AvgIpc) is 3.12. The maximum atomic E-state index is 11.6. The summed E-state index contributed by atoms with van der Waals surface area (Å²) in [6, 6.07) is 0. The molecule has 2 heterocycles. The highest BCUT2D eigenvalue weighted by Gasteiger charge is 2.19. The first-order chi connectivity index (χ1) is 9.79. The standard InChI is InChI=1S/C6H8N12O2/c1-2-20-4(19)3(7-9-5-11-15-16-12-5)8-10-6-13-17-18-14-6/h3H,2H2,1H3,(H,11,12,15,16)(H,13,14,17,18)/b9-7+,10-8+. The highest BCUT2D eigenvalue weighted by Crippen LogP contribution is 2.08. The first-order valence-corrected chi connectivity index (χ1v) is 5.25. The quantitative estimate of drug-likeness (QED) is 0.521. The molecule has 2 aromatic heterocycles. The fraction of sp³-hybridized carbons (Fsp3) is 0.500. The third-order valence-electron chi connectivity index (χ3n) is 1.68. The monoisotopic (exact) mass is 280 g/mol. The summed E-state index contributed by atoms with van der Waals surface area (Å²) in [5, 5.41) is 39.4. The second-order valence-corrected chi connectivity index (χ2v) is 2.98. The lowest BCUT2D eigenvalue weighted by Crippen LogP contribution is -2.18. The zero-order valence-corrected chi connectivity index (χ0v) is 10.1. The van der Waals surface area contributed by atoms with Gasteiger partial charge in [0.1, 0.15) is 0 Å². The van der Waals surface area contributed by atoms with Gasteiger partial charge in [-0.3, -0.25) is 0 Å². The van der Waals surface area contributed by atoms with Crippen molar-refractivity contribution in [2.75, 3.05) is 6.61 Å². The Labute approximate surface area is 110 Å². The van der Waals surface area contributed by atoms with E-state index in [9.17, 15) is 4.79 Å². The molecule has 0 aliphatic heterocycles. The van der Waals surface area contributed by atoms with E-state index in [0.29, 0.717) is 0 Å². The van der Waals surface area contributed by atoms with E-state index >= 15 is 0 Å². The van der Waals surface area contributed by atoms with Gasteiger partial charge in [0.15, 0.2) is 0 Å². The third-order valence-corrected chi connectivity index (χ3v) is 1.68. The summed E-state index contributed by atoms with van der Waals surface area (Å²) in [6.07, 6.45) is -1.33. The van der Waals surface area contributed by atoms with Crippen molar-refractivity contribution in [3.8, 4) is 0 Å². The first kappa shape index (κ1) is 13.2. The highest BCUT2D eigenvalue weighted by atomic mass is 16.5. The van der Waals surface area contributed by atoms with Gasteiger partial charge in [-0.15, -0.1) is 30.7 Å². The van der Waals surface area contributed by atoms with E-state index in [4.69, 9.17) is 4.74 Å². The zero-order chi connectivity index (χ0) is 14.2. The molecule has 0 unspecified atom stereocenters. The van der Waals surface area contributed by atoms with Gasteiger partial charge in [0.05, 0.1) is 6.61 Å². The average molecular weight is 280 g/mol. The third kappa shape index (κ3) is 3.65. The summed E-state index contributed by atoms with van der Waals surface area (Å²) >= 11 is 0. The number of aromatic amines is 2. The minimum absolute atomic E-state index is 0.0611. The van der Waals surface area contributed by atoms with Crippen LogP contribution >= 0.6 is 0 Å². The molecule has 2 aromatic rings. The summed E-state index contributed by atoms with van der Waals surface area (Å²) in [5.41, 5.74) is 0. The molecular weight excluding hydrogens is 272 g/mol. The van der Waals surface area contributed by atoms with Crippen LogP contribution in [0, 0.1) is 0 Å². The molecule has 0 atom stereocenters. The van der Waals surface area contributed by atoms with Gasteiger partial charge < -0.3 is 4.74 Å². The van der Waals surface area contributed by atoms with Crippen LogP contribution in [0.15, 0.2) is 20.5 Å². The van der Waals surface area contributed by atoms with Crippen molar-refractivity contribution in [3.63, 3.8) is 0 Å². The van der Waals surface area contributed by atoms with E-state index in [-0.39, 0.29) is 18.5 Å². The topological polar surface area (TPSA) is 185 Å². The molecule has 14 heteroatoms. The number of carbonyl (C=O) groups is 1. The number of H-pyrrole nitrogens is 2. The summed E-state index contributed by atoms with van der Waals surface area (Å²) in [7, 11) is 0. The smallest absolute Gasteiger partial charge is 0.357 e. The second kappa shape index (κ2) is 6.66. The Bertz CT molecular complexity index is 529. The Kier molecular flexibility index (Phi) is 4.41. The van der Waals surface area contributed by atoms with E-state index < -0.39 is 12.1 Å². The molecule has 2 rings (SSSR count). The predicted octanol–water partition coefficient (Wildman–Crippen LogP) is -0.530. The van der Waals surface area contributed by atoms with Crippen LogP contribution in [-0.4, -0.2) is 60.0 Å². The molecule has 0 spiro atoms. The van der Waals surface area contributed by atoms with Crippen LogP contribution in [0.1, 0.15) is 6.92 Å². The van der Waals surface area contributed by atoms with Crippen molar-refractivity contribution >= 4 is 17.9 Å². The highest BCUT2D eigenvalue weighted by molar-refractivity contribution is 5.75. The first-order valence-electron chi connectivity index (χ1n) is 5.25. The van der Waals surface area contributed by atoms with E-state index in [1.54, 1.807) is 6.92 Å². The number of aromatic nitrogens is 8. The number of hydrogen-bond donors (Lipinski definition) is 2. The summed E-state index contributed by atoms with van der Waals surface area (Å²) < 4.78 is 4.77. The van der Waals surface area contributed by atoms with E-state index in [0.717, 1.165) is 0 Å². The van der Waals surface area contributed by atoms with Gasteiger partial charge in [0.2, 0.25) is 0 Å². The Morgan fingerprint density at radius 2 is 1.70 bits per heavy atom. The Hall–Kier alpha value is -3.19. The molecule has 2 N–H and O–H groups in total. The van der Waals surface area contributed by atoms with E-state index in [1.165, 1.54) is 0 Å². The molecular formula is C6H8N12O2. The van der Waals surface area contributed by atoms with Crippen molar-refractivity contribution in [1.29, 1.82) is 0 Å². The number of hydrogen-bond acceptors (Lipinski definition) is 12. The number of ether oxygens (including phenoxy) is 1. The van der Waals surface area contributed by atoms with Crippen LogP contribution in [0.3, 0.4) is 0 Å². The molecule has 20 heavy (non-hydrogen) atoms. The summed E-state index contributed by atoms with van der Waals surface area (Å²) in [4.78, 5) is 11.6. The van der Waals surface area contributed by atoms with Crippen LogP contribution < -0.4 is 0 Å². The number of nitrogens with one attached hydrogen (secondary N) is 2. The SMILES string of the molecule is CCOC(=O)C(/N=N/c1nn[nH]n1)/N=N/c1nn[nH]n1. The minimum Gasteiger partial charge on any atom is -0.463 e. The maximum absolute atomic E-state index is 11.6. The molecule has 0 radical (unpaired) electrons. The van der Waals surface area contributed by atoms with Crippen LogP contribution in [0.25, 0.3) is 0 Å². The predicted molar refractivity (Wildman–Crippen MR) is 57.8 cm³/mol. The van der Waals surface area contributed by atoms with Gasteiger partial charge in [-0.05, 0) is 17.4 Å². The molecule has 0 bridgehead atoms. The zero-order valence-electron chi connectivity index (χ0n) is 10.1. The lowest BCUT2D eigenvalue weighted by molar-refractivity contribution is -0.144. The van der Waals surface area contributed by atoms with Crippen LogP contribution in [-0.2, 0) is 9.53 Å². The number of nitrogens with zero attached hydrogens (tertiary/aromatic N) is 10. The lowest BCUT2D eigenvalue weighted by atomic mass is 10.5. The van der Waals surface area contributed by atoms with Crippen LogP contribution in [0.2, 0.25) is 0 Å².